The third kappa shape index (κ3) is 3.36. The summed E-state index contributed by atoms with van der Waals surface area (Å²) in [6.45, 7) is 3.89. The van der Waals surface area contributed by atoms with Crippen LogP contribution in [0.25, 0.3) is 11.5 Å². The molecule has 0 aliphatic carbocycles. The van der Waals surface area contributed by atoms with E-state index in [1.54, 1.807) is 18.0 Å². The second kappa shape index (κ2) is 6.58. The fraction of sp³-hybridized carbons (Fsp3) is 0.250. The fourth-order valence-electron chi connectivity index (χ4n) is 2.06. The van der Waals surface area contributed by atoms with Gasteiger partial charge in [0.2, 0.25) is 5.89 Å². The molecule has 4 nitrogen and oxygen atoms in total. The lowest BCUT2D eigenvalue weighted by atomic mass is 10.2. The van der Waals surface area contributed by atoms with Crippen LogP contribution in [0.1, 0.15) is 22.7 Å². The van der Waals surface area contributed by atoms with Crippen molar-refractivity contribution in [1.82, 2.24) is 10.1 Å². The van der Waals surface area contributed by atoms with E-state index >= 15 is 0 Å². The van der Waals surface area contributed by atoms with Crippen LogP contribution in [0.5, 0.6) is 0 Å². The summed E-state index contributed by atoms with van der Waals surface area (Å²) >= 11 is 7.64. The summed E-state index contributed by atoms with van der Waals surface area (Å²) in [6.07, 6.45) is 1.70. The highest BCUT2D eigenvalue weighted by Crippen LogP contribution is 2.25. The van der Waals surface area contributed by atoms with Crippen LogP contribution < -0.4 is 0 Å². The number of nitrogens with zero attached hydrogens (tertiary/aromatic N) is 2. The first-order valence-corrected chi connectivity index (χ1v) is 8.36. The molecule has 2 aromatic heterocycles. The van der Waals surface area contributed by atoms with E-state index in [1.807, 2.05) is 38.1 Å². The maximum atomic E-state index is 5.88. The van der Waals surface area contributed by atoms with Gasteiger partial charge in [-0.25, -0.2) is 4.98 Å². The molecule has 22 heavy (non-hydrogen) atoms. The fourth-order valence-corrected chi connectivity index (χ4v) is 3.25. The SMILES string of the molecule is Cc1noc(C)c1CSCc1coc(-c2ccc(Cl)cc2)n1. The summed E-state index contributed by atoms with van der Waals surface area (Å²) in [4.78, 5) is 4.50. The van der Waals surface area contributed by atoms with Gasteiger partial charge in [-0.2, -0.15) is 11.8 Å². The first kappa shape index (κ1) is 15.2. The third-order valence-corrected chi connectivity index (χ3v) is 4.57. The van der Waals surface area contributed by atoms with Gasteiger partial charge in [-0.15, -0.1) is 0 Å². The Morgan fingerprint density at radius 1 is 1.14 bits per heavy atom. The number of hydrogen-bond donors (Lipinski definition) is 0. The van der Waals surface area contributed by atoms with E-state index < -0.39 is 0 Å². The monoisotopic (exact) mass is 334 g/mol. The maximum absolute atomic E-state index is 5.88. The predicted octanol–water partition coefficient (Wildman–Crippen LogP) is 5.03. The van der Waals surface area contributed by atoms with Crippen molar-refractivity contribution in [1.29, 1.82) is 0 Å². The molecule has 114 valence electrons. The van der Waals surface area contributed by atoms with Crippen LogP contribution in [-0.2, 0) is 11.5 Å². The van der Waals surface area contributed by atoms with Gasteiger partial charge in [0.1, 0.15) is 12.0 Å². The third-order valence-electron chi connectivity index (χ3n) is 3.32. The summed E-state index contributed by atoms with van der Waals surface area (Å²) in [7, 11) is 0. The minimum absolute atomic E-state index is 0.615. The first-order valence-electron chi connectivity index (χ1n) is 6.83. The molecule has 3 rings (SSSR count). The molecular weight excluding hydrogens is 320 g/mol. The number of benzene rings is 1. The smallest absolute Gasteiger partial charge is 0.226 e. The van der Waals surface area contributed by atoms with Gasteiger partial charge >= 0.3 is 0 Å². The highest BCUT2D eigenvalue weighted by Gasteiger charge is 2.10. The molecule has 0 spiro atoms. The van der Waals surface area contributed by atoms with E-state index in [9.17, 15) is 0 Å². The molecule has 1 aromatic carbocycles. The summed E-state index contributed by atoms with van der Waals surface area (Å²) in [5, 5.41) is 4.66. The summed E-state index contributed by atoms with van der Waals surface area (Å²) in [5.41, 5.74) is 3.95. The number of hydrogen-bond acceptors (Lipinski definition) is 5. The number of rotatable bonds is 5. The summed E-state index contributed by atoms with van der Waals surface area (Å²) < 4.78 is 10.7. The van der Waals surface area contributed by atoms with Crippen LogP contribution in [-0.4, -0.2) is 10.1 Å². The lowest BCUT2D eigenvalue weighted by Gasteiger charge is -1.98. The molecule has 6 heteroatoms. The average Bonchev–Trinajstić information content (AvgIpc) is 3.10. The quantitative estimate of drug-likeness (QED) is 0.654. The molecule has 0 N–H and O–H groups in total. The standard InChI is InChI=1S/C16H15ClN2O2S/c1-10-15(11(2)21-19-10)9-22-8-14-7-20-16(18-14)12-3-5-13(17)6-4-12/h3-7H,8-9H2,1-2H3. The van der Waals surface area contributed by atoms with E-state index in [4.69, 9.17) is 20.5 Å². The van der Waals surface area contributed by atoms with Crippen molar-refractivity contribution >= 4 is 23.4 Å². The molecule has 0 amide bonds. The van der Waals surface area contributed by atoms with Crippen molar-refractivity contribution in [2.24, 2.45) is 0 Å². The van der Waals surface area contributed by atoms with E-state index in [1.165, 1.54) is 0 Å². The molecule has 0 aliphatic rings. The lowest BCUT2D eigenvalue weighted by molar-refractivity contribution is 0.392. The van der Waals surface area contributed by atoms with Crippen molar-refractivity contribution in [3.05, 3.63) is 58.3 Å². The van der Waals surface area contributed by atoms with Crippen LogP contribution in [0.4, 0.5) is 0 Å². The molecule has 0 bridgehead atoms. The van der Waals surface area contributed by atoms with Crippen molar-refractivity contribution in [2.45, 2.75) is 25.4 Å². The number of oxazole rings is 1. The van der Waals surface area contributed by atoms with E-state index in [2.05, 4.69) is 10.1 Å². The van der Waals surface area contributed by atoms with E-state index in [-0.39, 0.29) is 0 Å². The second-order valence-corrected chi connectivity index (χ2v) is 6.37. The highest BCUT2D eigenvalue weighted by atomic mass is 35.5. The van der Waals surface area contributed by atoms with Gasteiger partial charge < -0.3 is 8.94 Å². The highest BCUT2D eigenvalue weighted by molar-refractivity contribution is 7.97. The maximum Gasteiger partial charge on any atom is 0.226 e. The average molecular weight is 335 g/mol. The van der Waals surface area contributed by atoms with Gasteiger partial charge in [-0.1, -0.05) is 16.8 Å². The molecule has 0 fully saturated rings. The Morgan fingerprint density at radius 2 is 1.91 bits per heavy atom. The largest absolute Gasteiger partial charge is 0.444 e. The minimum Gasteiger partial charge on any atom is -0.444 e. The molecule has 2 heterocycles. The van der Waals surface area contributed by atoms with Crippen LogP contribution in [0.2, 0.25) is 5.02 Å². The van der Waals surface area contributed by atoms with Gasteiger partial charge in [0.05, 0.1) is 11.4 Å². The van der Waals surface area contributed by atoms with Gasteiger partial charge in [-0.3, -0.25) is 0 Å². The second-order valence-electron chi connectivity index (χ2n) is 4.95. The molecule has 0 atom stereocenters. The first-order chi connectivity index (χ1) is 10.6. The molecule has 0 unspecified atom stereocenters. The Bertz CT molecular complexity index is 745. The molecule has 0 saturated carbocycles. The molecule has 0 radical (unpaired) electrons. The number of thioether (sulfide) groups is 1. The zero-order valence-corrected chi connectivity index (χ0v) is 13.9. The van der Waals surface area contributed by atoms with Crippen LogP contribution in [0, 0.1) is 13.8 Å². The molecule has 0 aliphatic heterocycles. The Labute approximate surface area is 137 Å². The molecular formula is C16H15ClN2O2S. The van der Waals surface area contributed by atoms with Crippen LogP contribution in [0.3, 0.4) is 0 Å². The Balaban J connectivity index is 1.61. The van der Waals surface area contributed by atoms with Crippen molar-refractivity contribution < 1.29 is 8.94 Å². The zero-order valence-electron chi connectivity index (χ0n) is 12.3. The van der Waals surface area contributed by atoms with Crippen LogP contribution in [0.15, 0.2) is 39.5 Å². The topological polar surface area (TPSA) is 52.1 Å². The van der Waals surface area contributed by atoms with E-state index in [0.29, 0.717) is 10.9 Å². The number of halogens is 1. The van der Waals surface area contributed by atoms with E-state index in [0.717, 1.165) is 39.8 Å². The summed E-state index contributed by atoms with van der Waals surface area (Å²) in [6, 6.07) is 7.45. The summed E-state index contributed by atoms with van der Waals surface area (Å²) in [5.74, 6) is 3.13. The molecule has 3 aromatic rings. The Hall–Kier alpha value is -1.72. The minimum atomic E-state index is 0.615. The van der Waals surface area contributed by atoms with Crippen molar-refractivity contribution in [2.75, 3.05) is 0 Å². The molecule has 0 saturated heterocycles. The lowest BCUT2D eigenvalue weighted by Crippen LogP contribution is -1.87. The Kier molecular flexibility index (Phi) is 4.55. The van der Waals surface area contributed by atoms with Gasteiger partial charge in [0.15, 0.2) is 0 Å². The normalized spacial score (nSPS) is 11.0. The van der Waals surface area contributed by atoms with Gasteiger partial charge in [-0.05, 0) is 38.1 Å². The zero-order chi connectivity index (χ0) is 15.5. The predicted molar refractivity (Wildman–Crippen MR) is 87.9 cm³/mol. The Morgan fingerprint density at radius 3 is 2.59 bits per heavy atom. The van der Waals surface area contributed by atoms with Crippen molar-refractivity contribution in [3.63, 3.8) is 0 Å². The van der Waals surface area contributed by atoms with Crippen molar-refractivity contribution in [3.8, 4) is 11.5 Å². The van der Waals surface area contributed by atoms with Crippen LogP contribution >= 0.6 is 23.4 Å². The van der Waals surface area contributed by atoms with Gasteiger partial charge in [0, 0.05) is 27.7 Å². The number of aryl methyl sites for hydroxylation is 2. The van der Waals surface area contributed by atoms with Gasteiger partial charge in [0.25, 0.3) is 0 Å². The number of aromatic nitrogens is 2.